The van der Waals surface area contributed by atoms with Crippen LogP contribution in [0.3, 0.4) is 0 Å². The highest BCUT2D eigenvalue weighted by atomic mass is 16.1. The van der Waals surface area contributed by atoms with Crippen LogP contribution in [-0.2, 0) is 6.42 Å². The second kappa shape index (κ2) is 6.05. The number of nitrogens with zero attached hydrogens (tertiary/aromatic N) is 3. The summed E-state index contributed by atoms with van der Waals surface area (Å²) in [5, 5.41) is 0. The Morgan fingerprint density at radius 3 is 2.24 bits per heavy atom. The first kappa shape index (κ1) is 13.1. The van der Waals surface area contributed by atoms with Gasteiger partial charge >= 0.3 is 0 Å². The fraction of sp³-hybridized carbons (Fsp3) is 0.0588. The molecule has 0 spiro atoms. The number of Topliss-reactive ketones (excluding diaryl/α,β-unsaturated/α-hetero) is 1. The van der Waals surface area contributed by atoms with Gasteiger partial charge in [-0.2, -0.15) is 0 Å². The van der Waals surface area contributed by atoms with Crippen molar-refractivity contribution in [3.8, 4) is 11.5 Å². The predicted octanol–water partition coefficient (Wildman–Crippen LogP) is 2.96. The van der Waals surface area contributed by atoms with E-state index in [4.69, 9.17) is 0 Å². The van der Waals surface area contributed by atoms with E-state index in [1.54, 1.807) is 18.6 Å². The Kier molecular flexibility index (Phi) is 3.78. The highest BCUT2D eigenvalue weighted by Crippen LogP contribution is 2.11. The van der Waals surface area contributed by atoms with Gasteiger partial charge in [0.05, 0.1) is 0 Å². The summed E-state index contributed by atoms with van der Waals surface area (Å²) in [4.78, 5) is 24.8. The molecule has 2 aromatic heterocycles. The van der Waals surface area contributed by atoms with Gasteiger partial charge in [0, 0.05) is 30.6 Å². The van der Waals surface area contributed by atoms with E-state index in [2.05, 4.69) is 15.0 Å². The first-order valence-electron chi connectivity index (χ1n) is 6.63. The summed E-state index contributed by atoms with van der Waals surface area (Å²) < 4.78 is 0. The first-order valence-corrected chi connectivity index (χ1v) is 6.63. The number of ketones is 1. The van der Waals surface area contributed by atoms with Gasteiger partial charge in [-0.25, -0.2) is 9.97 Å². The molecule has 2 heterocycles. The van der Waals surface area contributed by atoms with Gasteiger partial charge in [0.15, 0.2) is 11.6 Å². The summed E-state index contributed by atoms with van der Waals surface area (Å²) in [6.07, 6.45) is 5.35. The quantitative estimate of drug-likeness (QED) is 0.687. The van der Waals surface area contributed by atoms with Crippen molar-refractivity contribution in [3.63, 3.8) is 0 Å². The zero-order chi connectivity index (χ0) is 14.5. The summed E-state index contributed by atoms with van der Waals surface area (Å²) >= 11 is 0. The molecule has 3 rings (SSSR count). The monoisotopic (exact) mass is 275 g/mol. The van der Waals surface area contributed by atoms with Gasteiger partial charge in [0.25, 0.3) is 0 Å². The average Bonchev–Trinajstić information content (AvgIpc) is 2.57. The molecule has 0 amide bonds. The summed E-state index contributed by atoms with van der Waals surface area (Å²) in [6, 6.07) is 14.8. The van der Waals surface area contributed by atoms with Crippen molar-refractivity contribution in [2.24, 2.45) is 0 Å². The van der Waals surface area contributed by atoms with E-state index in [0.29, 0.717) is 17.8 Å². The number of carbonyl (C=O) groups is 1. The number of rotatable bonds is 4. The molecular formula is C17H13N3O. The molecule has 0 aliphatic carbocycles. The van der Waals surface area contributed by atoms with Gasteiger partial charge in [-0.1, -0.05) is 36.4 Å². The molecule has 0 fully saturated rings. The number of hydrogen-bond acceptors (Lipinski definition) is 4. The van der Waals surface area contributed by atoms with Crippen LogP contribution < -0.4 is 0 Å². The zero-order valence-corrected chi connectivity index (χ0v) is 11.3. The molecule has 21 heavy (non-hydrogen) atoms. The maximum Gasteiger partial charge on any atom is 0.178 e. The van der Waals surface area contributed by atoms with Gasteiger partial charge in [0.2, 0.25) is 0 Å². The lowest BCUT2D eigenvalue weighted by atomic mass is 10.1. The van der Waals surface area contributed by atoms with Gasteiger partial charge < -0.3 is 0 Å². The Hall–Kier alpha value is -2.88. The molecule has 0 N–H and O–H groups in total. The van der Waals surface area contributed by atoms with Crippen LogP contribution >= 0.6 is 0 Å². The van der Waals surface area contributed by atoms with Gasteiger partial charge in [-0.05, 0) is 17.7 Å². The van der Waals surface area contributed by atoms with Crippen molar-refractivity contribution in [2.75, 3.05) is 0 Å². The third kappa shape index (κ3) is 3.17. The van der Waals surface area contributed by atoms with E-state index in [9.17, 15) is 4.79 Å². The second-order valence-electron chi connectivity index (χ2n) is 4.60. The Morgan fingerprint density at radius 2 is 1.57 bits per heavy atom. The summed E-state index contributed by atoms with van der Waals surface area (Å²) in [7, 11) is 0. The SMILES string of the molecule is O=C(Cc1cnc(-c2ccccn2)nc1)c1ccccc1. The van der Waals surface area contributed by atoms with Crippen molar-refractivity contribution in [1.29, 1.82) is 0 Å². The van der Waals surface area contributed by atoms with Crippen LogP contribution in [0.1, 0.15) is 15.9 Å². The van der Waals surface area contributed by atoms with Gasteiger partial charge in [-0.15, -0.1) is 0 Å². The molecule has 0 atom stereocenters. The standard InChI is InChI=1S/C17H13N3O/c21-16(14-6-2-1-3-7-14)10-13-11-19-17(20-12-13)15-8-4-5-9-18-15/h1-9,11-12H,10H2. The van der Waals surface area contributed by atoms with Gasteiger partial charge in [-0.3, -0.25) is 9.78 Å². The highest BCUT2D eigenvalue weighted by molar-refractivity contribution is 5.97. The van der Waals surface area contributed by atoms with Crippen molar-refractivity contribution < 1.29 is 4.79 Å². The van der Waals surface area contributed by atoms with Crippen LogP contribution in [0.25, 0.3) is 11.5 Å². The number of carbonyl (C=O) groups excluding carboxylic acids is 1. The highest BCUT2D eigenvalue weighted by Gasteiger charge is 2.08. The average molecular weight is 275 g/mol. The van der Waals surface area contributed by atoms with Crippen LogP contribution in [0.4, 0.5) is 0 Å². The van der Waals surface area contributed by atoms with Crippen LogP contribution in [-0.4, -0.2) is 20.7 Å². The molecule has 102 valence electrons. The Balaban J connectivity index is 1.75. The van der Waals surface area contributed by atoms with Crippen molar-refractivity contribution >= 4 is 5.78 Å². The van der Waals surface area contributed by atoms with Crippen LogP contribution in [0.15, 0.2) is 67.1 Å². The molecule has 0 bridgehead atoms. The lowest BCUT2D eigenvalue weighted by Gasteiger charge is -2.02. The molecule has 3 aromatic rings. The molecule has 4 heteroatoms. The van der Waals surface area contributed by atoms with E-state index < -0.39 is 0 Å². The topological polar surface area (TPSA) is 55.7 Å². The predicted molar refractivity (Wildman–Crippen MR) is 79.7 cm³/mol. The second-order valence-corrected chi connectivity index (χ2v) is 4.60. The van der Waals surface area contributed by atoms with E-state index in [-0.39, 0.29) is 5.78 Å². The van der Waals surface area contributed by atoms with Crippen molar-refractivity contribution in [3.05, 3.63) is 78.2 Å². The Bertz CT molecular complexity index is 725. The van der Waals surface area contributed by atoms with E-state index in [0.717, 1.165) is 11.3 Å². The molecule has 1 aromatic carbocycles. The normalized spacial score (nSPS) is 10.3. The van der Waals surface area contributed by atoms with E-state index in [1.807, 2.05) is 48.5 Å². The molecule has 0 aliphatic heterocycles. The number of aromatic nitrogens is 3. The third-order valence-electron chi connectivity index (χ3n) is 3.06. The Labute approximate surface area is 122 Å². The van der Waals surface area contributed by atoms with E-state index >= 15 is 0 Å². The third-order valence-corrected chi connectivity index (χ3v) is 3.06. The summed E-state index contributed by atoms with van der Waals surface area (Å²) in [5.41, 5.74) is 2.22. The number of benzene rings is 1. The van der Waals surface area contributed by atoms with Crippen molar-refractivity contribution in [2.45, 2.75) is 6.42 Å². The number of pyridine rings is 1. The fourth-order valence-corrected chi connectivity index (χ4v) is 1.98. The first-order chi connectivity index (χ1) is 10.3. The molecule has 4 nitrogen and oxygen atoms in total. The largest absolute Gasteiger partial charge is 0.294 e. The Morgan fingerprint density at radius 1 is 0.857 bits per heavy atom. The minimum atomic E-state index is 0.0600. The van der Waals surface area contributed by atoms with Crippen LogP contribution in [0.5, 0.6) is 0 Å². The molecular weight excluding hydrogens is 262 g/mol. The zero-order valence-electron chi connectivity index (χ0n) is 11.3. The molecule has 0 saturated carbocycles. The minimum Gasteiger partial charge on any atom is -0.294 e. The lowest BCUT2D eigenvalue weighted by Crippen LogP contribution is -2.04. The van der Waals surface area contributed by atoms with Crippen LogP contribution in [0.2, 0.25) is 0 Å². The molecule has 0 aliphatic rings. The van der Waals surface area contributed by atoms with Gasteiger partial charge in [0.1, 0.15) is 5.69 Å². The van der Waals surface area contributed by atoms with E-state index in [1.165, 1.54) is 0 Å². The number of hydrogen-bond donors (Lipinski definition) is 0. The minimum absolute atomic E-state index is 0.0600. The molecule has 0 radical (unpaired) electrons. The van der Waals surface area contributed by atoms with Crippen molar-refractivity contribution in [1.82, 2.24) is 15.0 Å². The van der Waals surface area contributed by atoms with Crippen LogP contribution in [0, 0.1) is 0 Å². The summed E-state index contributed by atoms with van der Waals surface area (Å²) in [6.45, 7) is 0. The fourth-order valence-electron chi connectivity index (χ4n) is 1.98. The lowest BCUT2D eigenvalue weighted by molar-refractivity contribution is 0.0993. The smallest absolute Gasteiger partial charge is 0.178 e. The maximum absolute atomic E-state index is 12.1. The molecule has 0 saturated heterocycles. The summed E-state index contributed by atoms with van der Waals surface area (Å²) in [5.74, 6) is 0.622. The molecule has 0 unspecified atom stereocenters. The maximum atomic E-state index is 12.1.